The molecule has 1 aromatic carbocycles. The van der Waals surface area contributed by atoms with E-state index in [1.165, 1.54) is 34.0 Å². The third-order valence-electron chi connectivity index (χ3n) is 4.77. The molecule has 0 N–H and O–H groups in total. The summed E-state index contributed by atoms with van der Waals surface area (Å²) < 4.78 is 15.1. The van der Waals surface area contributed by atoms with Gasteiger partial charge in [-0.1, -0.05) is 19.1 Å². The monoisotopic (exact) mass is 356 g/mol. The van der Waals surface area contributed by atoms with Gasteiger partial charge in [0, 0.05) is 4.88 Å². The molecule has 2 heterocycles. The van der Waals surface area contributed by atoms with Crippen molar-refractivity contribution in [3.05, 3.63) is 62.8 Å². The number of carbonyl (C=O) groups is 1. The molecule has 4 nitrogen and oxygen atoms in total. The molecular weight excluding hydrogens is 339 g/mol. The summed E-state index contributed by atoms with van der Waals surface area (Å²) >= 11 is 1.57. The summed E-state index contributed by atoms with van der Waals surface area (Å²) in [6.45, 7) is 2.01. The molecule has 0 saturated heterocycles. The van der Waals surface area contributed by atoms with E-state index in [1.54, 1.807) is 17.4 Å². The molecule has 1 atom stereocenters. The highest BCUT2D eigenvalue weighted by atomic mass is 32.1. The number of benzene rings is 1. The summed E-state index contributed by atoms with van der Waals surface area (Å²) in [5.41, 5.74) is 0.876. The first-order valence-electron chi connectivity index (χ1n) is 8.32. The Labute approximate surface area is 147 Å². The zero-order chi connectivity index (χ0) is 17.6. The largest absolute Gasteiger partial charge is 0.292 e. The Morgan fingerprint density at radius 1 is 1.40 bits per heavy atom. The van der Waals surface area contributed by atoms with E-state index in [2.05, 4.69) is 11.9 Å². The molecule has 1 aliphatic carbocycles. The molecule has 0 radical (unpaired) electrons. The van der Waals surface area contributed by atoms with Crippen molar-refractivity contribution >= 4 is 27.3 Å². The van der Waals surface area contributed by atoms with E-state index in [4.69, 9.17) is 0 Å². The summed E-state index contributed by atoms with van der Waals surface area (Å²) in [4.78, 5) is 31.6. The first-order valence-corrected chi connectivity index (χ1v) is 9.13. The van der Waals surface area contributed by atoms with Crippen molar-refractivity contribution in [2.75, 3.05) is 0 Å². The summed E-state index contributed by atoms with van der Waals surface area (Å²) in [5.74, 6) is -0.388. The zero-order valence-corrected chi connectivity index (χ0v) is 14.6. The van der Waals surface area contributed by atoms with Crippen molar-refractivity contribution < 1.29 is 9.18 Å². The van der Waals surface area contributed by atoms with Gasteiger partial charge in [0.05, 0.1) is 23.8 Å². The van der Waals surface area contributed by atoms with E-state index in [-0.39, 0.29) is 17.7 Å². The van der Waals surface area contributed by atoms with Gasteiger partial charge in [-0.3, -0.25) is 14.2 Å². The smallest absolute Gasteiger partial charge is 0.262 e. The van der Waals surface area contributed by atoms with Crippen LogP contribution in [0.3, 0.4) is 0 Å². The Morgan fingerprint density at radius 2 is 2.20 bits per heavy atom. The van der Waals surface area contributed by atoms with Crippen LogP contribution in [0.5, 0.6) is 0 Å². The summed E-state index contributed by atoms with van der Waals surface area (Å²) in [5, 5.41) is 0.635. The lowest BCUT2D eigenvalue weighted by Crippen LogP contribution is -2.25. The predicted octanol–water partition coefficient (Wildman–Crippen LogP) is 3.60. The van der Waals surface area contributed by atoms with E-state index in [1.807, 2.05) is 0 Å². The molecule has 0 bridgehead atoms. The first-order chi connectivity index (χ1) is 12.0. The number of aromatic nitrogens is 2. The van der Waals surface area contributed by atoms with Gasteiger partial charge in [-0.2, -0.15) is 0 Å². The second-order valence-corrected chi connectivity index (χ2v) is 7.70. The van der Waals surface area contributed by atoms with Crippen LogP contribution in [-0.4, -0.2) is 15.3 Å². The Bertz CT molecular complexity index is 1040. The van der Waals surface area contributed by atoms with Gasteiger partial charge < -0.3 is 0 Å². The lowest BCUT2D eigenvalue weighted by atomic mass is 9.89. The van der Waals surface area contributed by atoms with Crippen molar-refractivity contribution in [3.63, 3.8) is 0 Å². The third kappa shape index (κ3) is 2.80. The highest BCUT2D eigenvalue weighted by molar-refractivity contribution is 7.18. The van der Waals surface area contributed by atoms with E-state index in [0.717, 1.165) is 29.7 Å². The molecule has 6 heteroatoms. The number of rotatable bonds is 3. The van der Waals surface area contributed by atoms with Gasteiger partial charge in [0.1, 0.15) is 10.6 Å². The average molecular weight is 356 g/mol. The number of carbonyl (C=O) groups excluding carboxylic acids is 1. The first kappa shape index (κ1) is 16.1. The highest BCUT2D eigenvalue weighted by Crippen LogP contribution is 2.35. The van der Waals surface area contributed by atoms with Crippen LogP contribution in [-0.2, 0) is 19.4 Å². The maximum atomic E-state index is 13.8. The molecule has 0 saturated carbocycles. The molecule has 4 rings (SSSR count). The molecule has 1 aliphatic rings. The Balaban J connectivity index is 1.74. The number of hydrogen-bond donors (Lipinski definition) is 0. The third-order valence-corrected chi connectivity index (χ3v) is 5.93. The lowest BCUT2D eigenvalue weighted by Gasteiger charge is -2.17. The van der Waals surface area contributed by atoms with Gasteiger partial charge in [0.2, 0.25) is 0 Å². The standard InChI is InChI=1S/C19H17FN2O2S/c1-11-6-7-13-16(8-11)25-18-17(13)19(24)22(10-21-18)9-15(23)12-4-2-3-5-14(12)20/h2-5,10-11H,6-9H2,1H3/t11-/m1/s1. The normalized spacial score (nSPS) is 16.8. The number of nitrogens with zero attached hydrogens (tertiary/aromatic N) is 2. The molecule has 0 fully saturated rings. The number of ketones is 1. The van der Waals surface area contributed by atoms with E-state index in [9.17, 15) is 14.0 Å². The van der Waals surface area contributed by atoms with Crippen LogP contribution in [0, 0.1) is 11.7 Å². The van der Waals surface area contributed by atoms with E-state index in [0.29, 0.717) is 11.3 Å². The van der Waals surface area contributed by atoms with Crippen LogP contribution in [0.2, 0.25) is 0 Å². The number of aryl methyl sites for hydroxylation is 1. The van der Waals surface area contributed by atoms with Gasteiger partial charge in [-0.25, -0.2) is 9.37 Å². The van der Waals surface area contributed by atoms with Crippen LogP contribution in [0.4, 0.5) is 4.39 Å². The molecule has 128 valence electrons. The van der Waals surface area contributed by atoms with Crippen LogP contribution in [0.15, 0.2) is 35.4 Å². The Morgan fingerprint density at radius 3 is 3.00 bits per heavy atom. The van der Waals surface area contributed by atoms with Crippen LogP contribution >= 0.6 is 11.3 Å². The molecular formula is C19H17FN2O2S. The van der Waals surface area contributed by atoms with Crippen LogP contribution in [0.1, 0.15) is 34.1 Å². The van der Waals surface area contributed by atoms with E-state index >= 15 is 0 Å². The molecule has 2 aromatic heterocycles. The van der Waals surface area contributed by atoms with Crippen molar-refractivity contribution in [1.82, 2.24) is 9.55 Å². The minimum Gasteiger partial charge on any atom is -0.292 e. The quantitative estimate of drug-likeness (QED) is 0.674. The lowest BCUT2D eigenvalue weighted by molar-refractivity contribution is 0.0966. The Hall–Kier alpha value is -2.34. The second-order valence-electron chi connectivity index (χ2n) is 6.61. The number of hydrogen-bond acceptors (Lipinski definition) is 4. The maximum absolute atomic E-state index is 13.8. The topological polar surface area (TPSA) is 52.0 Å². The molecule has 0 unspecified atom stereocenters. The predicted molar refractivity (Wildman–Crippen MR) is 95.8 cm³/mol. The fourth-order valence-electron chi connectivity index (χ4n) is 3.41. The zero-order valence-electron chi connectivity index (χ0n) is 13.8. The Kier molecular flexibility index (Phi) is 4.00. The number of fused-ring (bicyclic) bond motifs is 3. The fourth-order valence-corrected chi connectivity index (χ4v) is 4.75. The van der Waals surface area contributed by atoms with Gasteiger partial charge in [-0.05, 0) is 42.9 Å². The van der Waals surface area contributed by atoms with Crippen LogP contribution in [0.25, 0.3) is 10.2 Å². The van der Waals surface area contributed by atoms with Crippen molar-refractivity contribution in [2.24, 2.45) is 5.92 Å². The van der Waals surface area contributed by atoms with Gasteiger partial charge in [-0.15, -0.1) is 11.3 Å². The van der Waals surface area contributed by atoms with E-state index < -0.39 is 11.6 Å². The van der Waals surface area contributed by atoms with Crippen molar-refractivity contribution in [1.29, 1.82) is 0 Å². The molecule has 0 amide bonds. The fraction of sp³-hybridized carbons (Fsp3) is 0.316. The molecule has 3 aromatic rings. The van der Waals surface area contributed by atoms with Crippen LogP contribution < -0.4 is 5.56 Å². The SMILES string of the molecule is C[C@@H]1CCc2c(sc3ncn(CC(=O)c4ccccc4F)c(=O)c23)C1. The second kappa shape index (κ2) is 6.19. The summed E-state index contributed by atoms with van der Waals surface area (Å²) in [7, 11) is 0. The maximum Gasteiger partial charge on any atom is 0.262 e. The average Bonchev–Trinajstić information content (AvgIpc) is 2.95. The van der Waals surface area contributed by atoms with Gasteiger partial charge in [0.25, 0.3) is 5.56 Å². The number of thiophene rings is 1. The van der Waals surface area contributed by atoms with Crippen molar-refractivity contribution in [3.8, 4) is 0 Å². The highest BCUT2D eigenvalue weighted by Gasteiger charge is 2.23. The number of halogens is 1. The van der Waals surface area contributed by atoms with Crippen molar-refractivity contribution in [2.45, 2.75) is 32.7 Å². The molecule has 0 aliphatic heterocycles. The number of Topliss-reactive ketones (excluding diaryl/α,β-unsaturated/α-hetero) is 1. The van der Waals surface area contributed by atoms with Gasteiger partial charge in [0.15, 0.2) is 5.78 Å². The minimum absolute atomic E-state index is 0.00401. The van der Waals surface area contributed by atoms with Gasteiger partial charge >= 0.3 is 0 Å². The molecule has 0 spiro atoms. The molecule has 25 heavy (non-hydrogen) atoms. The summed E-state index contributed by atoms with van der Waals surface area (Å²) in [6.07, 6.45) is 4.30. The summed E-state index contributed by atoms with van der Waals surface area (Å²) in [6, 6.07) is 5.82. The minimum atomic E-state index is -0.573.